The van der Waals surface area contributed by atoms with Crippen molar-refractivity contribution < 1.29 is 18.5 Å². The third-order valence-electron chi connectivity index (χ3n) is 0. The van der Waals surface area contributed by atoms with Crippen molar-refractivity contribution in [1.29, 1.82) is 0 Å². The summed E-state index contributed by atoms with van der Waals surface area (Å²) in [5.41, 5.74) is 0. The SMILES string of the molecule is [O-][Si]([O-])([O-])F.[Tl+3]. The molecule has 0 rings (SSSR count). The van der Waals surface area contributed by atoms with Crippen molar-refractivity contribution >= 4 is 36.4 Å². The van der Waals surface area contributed by atoms with Crippen molar-refractivity contribution in [2.45, 2.75) is 0 Å². The van der Waals surface area contributed by atoms with E-state index in [1.165, 1.54) is 0 Å². The molecule has 0 saturated carbocycles. The largest absolute Gasteiger partial charge is 3.00 e. The summed E-state index contributed by atoms with van der Waals surface area (Å²) in [6.07, 6.45) is 0. The summed E-state index contributed by atoms with van der Waals surface area (Å²) in [5.74, 6) is 0. The van der Waals surface area contributed by atoms with E-state index in [-0.39, 0.29) is 27.3 Å². The van der Waals surface area contributed by atoms with Gasteiger partial charge in [-0.1, -0.05) is 9.14 Å². The van der Waals surface area contributed by atoms with Crippen molar-refractivity contribution in [2.24, 2.45) is 0 Å². The van der Waals surface area contributed by atoms with E-state index in [1.54, 1.807) is 0 Å². The Hall–Kier alpha value is 0.949. The molecule has 0 atom stereocenters. The molecule has 0 fully saturated rings. The molecule has 0 bridgehead atoms. The van der Waals surface area contributed by atoms with Gasteiger partial charge in [0.25, 0.3) is 0 Å². The van der Waals surface area contributed by atoms with Gasteiger partial charge in [-0.3, -0.25) is 0 Å². The molecule has 0 spiro atoms. The summed E-state index contributed by atoms with van der Waals surface area (Å²) in [6.45, 7) is 0. The Morgan fingerprint density at radius 3 is 1.17 bits per heavy atom. The Labute approximate surface area is 55.1 Å². The average molecular weight is 299 g/mol. The zero-order valence-electron chi connectivity index (χ0n) is 2.68. The van der Waals surface area contributed by atoms with Gasteiger partial charge < -0.3 is 18.5 Å². The van der Waals surface area contributed by atoms with Gasteiger partial charge >= 0.3 is 27.3 Å². The van der Waals surface area contributed by atoms with Crippen molar-refractivity contribution in [3.8, 4) is 0 Å². The molecule has 32 valence electrons. The van der Waals surface area contributed by atoms with E-state index in [0.717, 1.165) is 0 Å². The molecule has 0 aromatic rings. The van der Waals surface area contributed by atoms with Gasteiger partial charge in [0.05, 0.1) is 0 Å². The topological polar surface area (TPSA) is 69.2 Å². The number of halogens is 1. The molecule has 0 unspecified atom stereocenters. The predicted molar refractivity (Wildman–Crippen MR) is 12.6 cm³/mol. The molecule has 0 N–H and O–H groups in total. The first-order valence-electron chi connectivity index (χ1n) is 0.801. The molecule has 0 aromatic heterocycles. The molecule has 0 amide bonds. The first-order chi connectivity index (χ1) is 2.00. The number of rotatable bonds is 0. The standard InChI is InChI=1S/FO3Si.Tl/c1-5(2,3)4;/q-3;+3. The summed E-state index contributed by atoms with van der Waals surface area (Å²) in [4.78, 5) is 25.4. The second kappa shape index (κ2) is 3.02. The minimum atomic E-state index is -5.86. The monoisotopic (exact) mass is 300 g/mol. The van der Waals surface area contributed by atoms with Crippen LogP contribution in [0.4, 0.5) is 4.11 Å². The van der Waals surface area contributed by atoms with Gasteiger partial charge in [-0.05, 0) is 0 Å². The van der Waals surface area contributed by atoms with Gasteiger partial charge in [-0.2, -0.15) is 0 Å². The van der Waals surface area contributed by atoms with Crippen LogP contribution in [0.15, 0.2) is 0 Å². The molecule has 3 nitrogen and oxygen atoms in total. The molecule has 6 heavy (non-hydrogen) atoms. The van der Waals surface area contributed by atoms with Gasteiger partial charge in [-0.15, -0.1) is 0 Å². The molecule has 0 aliphatic rings. The zero-order chi connectivity index (χ0) is 4.50. The molecule has 0 radical (unpaired) electrons. The minimum Gasteiger partial charge on any atom is -0.857 e. The van der Waals surface area contributed by atoms with Gasteiger partial charge in [0.2, 0.25) is 0 Å². The second-order valence-corrected chi connectivity index (χ2v) is 1.44. The Balaban J connectivity index is 0. The Morgan fingerprint density at radius 1 is 1.17 bits per heavy atom. The van der Waals surface area contributed by atoms with Crippen LogP contribution in [0.2, 0.25) is 0 Å². The Morgan fingerprint density at radius 2 is 1.17 bits per heavy atom. The summed E-state index contributed by atoms with van der Waals surface area (Å²) in [6, 6.07) is 0. The molecule has 0 aromatic carbocycles. The third-order valence-corrected chi connectivity index (χ3v) is 0. The van der Waals surface area contributed by atoms with Gasteiger partial charge in [-0.25, -0.2) is 0 Å². The first kappa shape index (κ1) is 10.0. The Bertz CT molecular complexity index is 26.3. The summed E-state index contributed by atoms with van der Waals surface area (Å²) < 4.78 is 10.2. The fourth-order valence-corrected chi connectivity index (χ4v) is 0. The average Bonchev–Trinajstić information content (AvgIpc) is 0.722. The normalized spacial score (nSPS) is 10.0. The fourth-order valence-electron chi connectivity index (χ4n) is 0. The summed E-state index contributed by atoms with van der Waals surface area (Å²) in [7, 11) is -5.86. The van der Waals surface area contributed by atoms with E-state index >= 15 is 0 Å². The third kappa shape index (κ3) is 85.7. The van der Waals surface area contributed by atoms with Crippen LogP contribution in [-0.4, -0.2) is 36.4 Å². The van der Waals surface area contributed by atoms with Crippen LogP contribution in [0.3, 0.4) is 0 Å². The molecule has 6 heteroatoms. The zero-order valence-corrected chi connectivity index (χ0v) is 8.17. The smallest absolute Gasteiger partial charge is 0.857 e. The number of hydrogen-bond donors (Lipinski definition) is 0. The van der Waals surface area contributed by atoms with Crippen LogP contribution in [-0.2, 0) is 0 Å². The molecule has 0 aliphatic heterocycles. The molecule has 0 saturated heterocycles. The molecule has 0 aliphatic carbocycles. The maximum Gasteiger partial charge on any atom is 3.00 e. The maximum atomic E-state index is 10.2. The van der Waals surface area contributed by atoms with E-state index in [0.29, 0.717) is 0 Å². The van der Waals surface area contributed by atoms with Crippen LogP contribution < -0.4 is 14.4 Å². The van der Waals surface area contributed by atoms with Crippen LogP contribution in [0.25, 0.3) is 0 Å². The molecular formula is FO3SiTl. The quantitative estimate of drug-likeness (QED) is 0.339. The molecule has 0 heterocycles. The maximum absolute atomic E-state index is 10.2. The van der Waals surface area contributed by atoms with E-state index in [9.17, 15) is 4.11 Å². The predicted octanol–water partition coefficient (Wildman–Crippen LogP) is -3.91. The first-order valence-corrected chi connectivity index (χ1v) is 2.40. The van der Waals surface area contributed by atoms with Crippen molar-refractivity contribution in [2.75, 3.05) is 0 Å². The van der Waals surface area contributed by atoms with Gasteiger partial charge in [0.15, 0.2) is 0 Å². The molecular weight excluding hydrogens is 299 g/mol. The van der Waals surface area contributed by atoms with Crippen LogP contribution in [0, 0.1) is 0 Å². The van der Waals surface area contributed by atoms with Crippen molar-refractivity contribution in [3.63, 3.8) is 0 Å². The number of hydrogen-bond acceptors (Lipinski definition) is 3. The van der Waals surface area contributed by atoms with E-state index in [1.807, 2.05) is 0 Å². The Kier molecular flexibility index (Phi) is 5.05. The van der Waals surface area contributed by atoms with Crippen molar-refractivity contribution in [1.82, 2.24) is 0 Å². The van der Waals surface area contributed by atoms with E-state index in [2.05, 4.69) is 0 Å². The minimum absolute atomic E-state index is 0. The van der Waals surface area contributed by atoms with Crippen LogP contribution >= 0.6 is 0 Å². The van der Waals surface area contributed by atoms with Gasteiger partial charge in [0, 0.05) is 0 Å². The van der Waals surface area contributed by atoms with Crippen molar-refractivity contribution in [3.05, 3.63) is 0 Å². The second-order valence-electron chi connectivity index (χ2n) is 0.481. The fraction of sp³-hybridized carbons (Fsp3) is 0. The summed E-state index contributed by atoms with van der Waals surface area (Å²) >= 11 is 0. The summed E-state index contributed by atoms with van der Waals surface area (Å²) in [5, 5.41) is 0. The van der Waals surface area contributed by atoms with Crippen LogP contribution in [0.5, 0.6) is 0 Å². The van der Waals surface area contributed by atoms with Gasteiger partial charge in [0.1, 0.15) is 0 Å². The van der Waals surface area contributed by atoms with Crippen LogP contribution in [0.1, 0.15) is 0 Å². The van der Waals surface area contributed by atoms with E-state index < -0.39 is 9.14 Å². The van der Waals surface area contributed by atoms with E-state index in [4.69, 9.17) is 14.4 Å².